The molecule has 88 valence electrons. The van der Waals surface area contributed by atoms with Crippen molar-refractivity contribution in [1.29, 1.82) is 0 Å². The smallest absolute Gasteiger partial charge is 0.228 e. The van der Waals surface area contributed by atoms with Gasteiger partial charge >= 0.3 is 0 Å². The second kappa shape index (κ2) is 4.19. The van der Waals surface area contributed by atoms with E-state index < -0.39 is 0 Å². The van der Waals surface area contributed by atoms with Crippen LogP contribution < -0.4 is 5.32 Å². The van der Waals surface area contributed by atoms with Gasteiger partial charge in [0.2, 0.25) is 5.91 Å². The van der Waals surface area contributed by atoms with E-state index in [4.69, 9.17) is 11.6 Å². The Kier molecular flexibility index (Phi) is 2.67. The predicted molar refractivity (Wildman–Crippen MR) is 68.9 cm³/mol. The van der Waals surface area contributed by atoms with Crippen LogP contribution in [0.15, 0.2) is 36.4 Å². The molecule has 17 heavy (non-hydrogen) atoms. The van der Waals surface area contributed by atoms with Gasteiger partial charge in [-0.25, -0.2) is 0 Å². The molecule has 2 aliphatic carbocycles. The van der Waals surface area contributed by atoms with Crippen LogP contribution >= 0.6 is 11.6 Å². The zero-order valence-corrected chi connectivity index (χ0v) is 10.2. The highest BCUT2D eigenvalue weighted by molar-refractivity contribution is 6.33. The van der Waals surface area contributed by atoms with Gasteiger partial charge in [0, 0.05) is 5.92 Å². The molecular weight excluding hydrogens is 234 g/mol. The quantitative estimate of drug-likeness (QED) is 0.797. The molecule has 3 atom stereocenters. The molecule has 1 amide bonds. The van der Waals surface area contributed by atoms with Gasteiger partial charge in [-0.3, -0.25) is 4.79 Å². The Morgan fingerprint density at radius 3 is 2.71 bits per heavy atom. The van der Waals surface area contributed by atoms with Gasteiger partial charge in [0.1, 0.15) is 0 Å². The number of nitrogens with one attached hydrogen (secondary N) is 1. The predicted octanol–water partition coefficient (Wildman–Crippen LogP) is 3.49. The van der Waals surface area contributed by atoms with Crippen molar-refractivity contribution in [2.45, 2.75) is 12.8 Å². The molecule has 0 unspecified atom stereocenters. The molecule has 1 aromatic rings. The fraction of sp³-hybridized carbons (Fsp3) is 0.357. The van der Waals surface area contributed by atoms with Crippen LogP contribution in [0.1, 0.15) is 12.8 Å². The minimum atomic E-state index is 0.106. The molecule has 3 rings (SSSR count). The number of carbonyl (C=O) groups excluding carboxylic acids is 1. The van der Waals surface area contributed by atoms with E-state index in [1.54, 1.807) is 6.07 Å². The molecule has 0 heterocycles. The maximum absolute atomic E-state index is 12.2. The normalized spacial score (nSPS) is 29.6. The Morgan fingerprint density at radius 2 is 2.06 bits per heavy atom. The van der Waals surface area contributed by atoms with Crippen LogP contribution in [-0.2, 0) is 4.79 Å². The molecule has 1 N–H and O–H groups in total. The highest BCUT2D eigenvalue weighted by atomic mass is 35.5. The van der Waals surface area contributed by atoms with Gasteiger partial charge in [-0.05, 0) is 36.8 Å². The van der Waals surface area contributed by atoms with Crippen molar-refractivity contribution >= 4 is 23.2 Å². The van der Waals surface area contributed by atoms with Crippen molar-refractivity contribution < 1.29 is 4.79 Å². The molecule has 1 fully saturated rings. The molecule has 2 nitrogen and oxygen atoms in total. The Labute approximate surface area is 106 Å². The van der Waals surface area contributed by atoms with Crippen molar-refractivity contribution in [3.05, 3.63) is 41.4 Å². The Morgan fingerprint density at radius 1 is 1.24 bits per heavy atom. The first-order chi connectivity index (χ1) is 8.24. The van der Waals surface area contributed by atoms with Gasteiger partial charge in [-0.2, -0.15) is 0 Å². The highest BCUT2D eigenvalue weighted by Gasteiger charge is 2.39. The summed E-state index contributed by atoms with van der Waals surface area (Å²) in [6, 6.07) is 7.36. The van der Waals surface area contributed by atoms with Crippen LogP contribution in [0.5, 0.6) is 0 Å². The fourth-order valence-corrected chi connectivity index (χ4v) is 3.05. The number of halogens is 1. The number of para-hydroxylation sites is 1. The van der Waals surface area contributed by atoms with E-state index in [1.807, 2.05) is 18.2 Å². The lowest BCUT2D eigenvalue weighted by atomic mass is 9.93. The summed E-state index contributed by atoms with van der Waals surface area (Å²) in [6.07, 6.45) is 6.55. The average molecular weight is 248 g/mol. The molecular formula is C14H14ClNO. The lowest BCUT2D eigenvalue weighted by Gasteiger charge is -2.17. The standard InChI is InChI=1S/C14H14ClNO/c15-12-3-1-2-4-13(12)16-14(17)11-8-9-5-6-10(11)7-9/h1-6,9-11H,7-8H2,(H,16,17)/t9-,10-,11-/m0/s1. The van der Waals surface area contributed by atoms with Crippen molar-refractivity contribution in [3.8, 4) is 0 Å². The molecule has 2 aliphatic rings. The summed E-state index contributed by atoms with van der Waals surface area (Å²) in [4.78, 5) is 12.2. The molecule has 0 spiro atoms. The number of benzene rings is 1. The lowest BCUT2D eigenvalue weighted by Crippen LogP contribution is -2.25. The van der Waals surface area contributed by atoms with Crippen LogP contribution in [0.3, 0.4) is 0 Å². The van der Waals surface area contributed by atoms with E-state index in [2.05, 4.69) is 17.5 Å². The number of hydrogen-bond acceptors (Lipinski definition) is 1. The first-order valence-corrected chi connectivity index (χ1v) is 6.35. The summed E-state index contributed by atoms with van der Waals surface area (Å²) in [5.41, 5.74) is 0.714. The van der Waals surface area contributed by atoms with Gasteiger partial charge < -0.3 is 5.32 Å². The number of amides is 1. The summed E-state index contributed by atoms with van der Waals surface area (Å²) in [5.74, 6) is 1.28. The summed E-state index contributed by atoms with van der Waals surface area (Å²) in [7, 11) is 0. The van der Waals surface area contributed by atoms with Gasteiger partial charge in [-0.15, -0.1) is 0 Å². The first-order valence-electron chi connectivity index (χ1n) is 5.98. The van der Waals surface area contributed by atoms with E-state index in [9.17, 15) is 4.79 Å². The molecule has 0 aromatic heterocycles. The lowest BCUT2D eigenvalue weighted by molar-refractivity contribution is -0.120. The molecule has 1 aromatic carbocycles. The second-order valence-electron chi connectivity index (χ2n) is 4.86. The minimum absolute atomic E-state index is 0.106. The SMILES string of the molecule is O=C(Nc1ccccc1Cl)[C@H]1C[C@H]2C=C[C@H]1C2. The molecule has 0 radical (unpaired) electrons. The maximum atomic E-state index is 12.2. The molecule has 2 bridgehead atoms. The number of anilines is 1. The third kappa shape index (κ3) is 1.98. The van der Waals surface area contributed by atoms with E-state index in [0.29, 0.717) is 22.5 Å². The maximum Gasteiger partial charge on any atom is 0.228 e. The van der Waals surface area contributed by atoms with Crippen LogP contribution in [-0.4, -0.2) is 5.91 Å². The van der Waals surface area contributed by atoms with Crippen LogP contribution in [0.25, 0.3) is 0 Å². The van der Waals surface area contributed by atoms with Crippen molar-refractivity contribution in [1.82, 2.24) is 0 Å². The fourth-order valence-electron chi connectivity index (χ4n) is 2.87. The van der Waals surface area contributed by atoms with Crippen LogP contribution in [0, 0.1) is 17.8 Å². The molecule has 0 aliphatic heterocycles. The number of rotatable bonds is 2. The number of carbonyl (C=O) groups is 1. The largest absolute Gasteiger partial charge is 0.325 e. The monoisotopic (exact) mass is 247 g/mol. The van der Waals surface area contributed by atoms with Crippen LogP contribution in [0.2, 0.25) is 5.02 Å². The van der Waals surface area contributed by atoms with Crippen molar-refractivity contribution in [3.63, 3.8) is 0 Å². The first kappa shape index (κ1) is 10.8. The summed E-state index contributed by atoms with van der Waals surface area (Å²) in [6.45, 7) is 0. The van der Waals surface area contributed by atoms with E-state index in [0.717, 1.165) is 12.8 Å². The van der Waals surface area contributed by atoms with Crippen LogP contribution in [0.4, 0.5) is 5.69 Å². The van der Waals surface area contributed by atoms with Gasteiger partial charge in [0.15, 0.2) is 0 Å². The van der Waals surface area contributed by atoms with E-state index >= 15 is 0 Å². The Hall–Kier alpha value is -1.28. The molecule has 3 heteroatoms. The van der Waals surface area contributed by atoms with Gasteiger partial charge in [0.25, 0.3) is 0 Å². The summed E-state index contributed by atoms with van der Waals surface area (Å²) in [5, 5.41) is 3.53. The number of hydrogen-bond donors (Lipinski definition) is 1. The number of fused-ring (bicyclic) bond motifs is 2. The van der Waals surface area contributed by atoms with Crippen molar-refractivity contribution in [2.24, 2.45) is 17.8 Å². The highest BCUT2D eigenvalue weighted by Crippen LogP contribution is 2.43. The third-order valence-electron chi connectivity index (χ3n) is 3.75. The molecule has 0 saturated heterocycles. The van der Waals surface area contributed by atoms with Gasteiger partial charge in [0.05, 0.1) is 10.7 Å². The average Bonchev–Trinajstić information content (AvgIpc) is 2.94. The minimum Gasteiger partial charge on any atom is -0.325 e. The number of allylic oxidation sites excluding steroid dienone is 2. The van der Waals surface area contributed by atoms with Crippen molar-refractivity contribution in [2.75, 3.05) is 5.32 Å². The topological polar surface area (TPSA) is 29.1 Å². The Bertz CT molecular complexity index is 483. The third-order valence-corrected chi connectivity index (χ3v) is 4.08. The zero-order chi connectivity index (χ0) is 11.8. The van der Waals surface area contributed by atoms with E-state index in [-0.39, 0.29) is 11.8 Å². The van der Waals surface area contributed by atoms with E-state index in [1.165, 1.54) is 0 Å². The summed E-state index contributed by atoms with van der Waals surface area (Å²) < 4.78 is 0. The Balaban J connectivity index is 1.72. The summed E-state index contributed by atoms with van der Waals surface area (Å²) >= 11 is 6.03. The van der Waals surface area contributed by atoms with Gasteiger partial charge in [-0.1, -0.05) is 35.9 Å². The zero-order valence-electron chi connectivity index (χ0n) is 9.40. The second-order valence-corrected chi connectivity index (χ2v) is 5.26. The molecule has 1 saturated carbocycles.